The largest absolute Gasteiger partial charge is 0.314 e. The van der Waals surface area contributed by atoms with E-state index in [1.807, 2.05) is 0 Å². The Bertz CT molecular complexity index is 490. The number of fused-ring (bicyclic) bond motifs is 2. The van der Waals surface area contributed by atoms with E-state index in [0.29, 0.717) is 11.1 Å². The molecule has 1 N–H and O–H groups in total. The normalized spacial score (nSPS) is 29.0. The summed E-state index contributed by atoms with van der Waals surface area (Å²) in [5.74, 6) is 2.60. The molecule has 21 heavy (non-hydrogen) atoms. The maximum absolute atomic E-state index is 13.4. The summed E-state index contributed by atoms with van der Waals surface area (Å²) in [7, 11) is 0. The molecule has 2 aliphatic carbocycles. The average Bonchev–Trinajstić information content (AvgIpc) is 3.05. The van der Waals surface area contributed by atoms with Crippen molar-refractivity contribution in [2.24, 2.45) is 17.8 Å². The lowest BCUT2D eigenvalue weighted by Gasteiger charge is -2.27. The van der Waals surface area contributed by atoms with Crippen LogP contribution in [0.5, 0.6) is 0 Å². The van der Waals surface area contributed by atoms with Crippen molar-refractivity contribution in [2.75, 3.05) is 6.54 Å². The van der Waals surface area contributed by atoms with Crippen molar-refractivity contribution in [1.29, 1.82) is 0 Å². The molecule has 4 atom stereocenters. The van der Waals surface area contributed by atoms with E-state index in [-0.39, 0.29) is 5.82 Å². The van der Waals surface area contributed by atoms with Crippen LogP contribution in [0, 0.1) is 23.6 Å². The van der Waals surface area contributed by atoms with Crippen molar-refractivity contribution >= 4 is 11.6 Å². The molecule has 3 heteroatoms. The lowest BCUT2D eigenvalue weighted by molar-refractivity contribution is 0.278. The van der Waals surface area contributed by atoms with E-state index in [9.17, 15) is 4.39 Å². The molecule has 0 heterocycles. The van der Waals surface area contributed by atoms with Gasteiger partial charge in [-0.2, -0.15) is 0 Å². The van der Waals surface area contributed by atoms with Crippen LogP contribution in [0.1, 0.15) is 44.6 Å². The van der Waals surface area contributed by atoms with Gasteiger partial charge < -0.3 is 5.32 Å². The van der Waals surface area contributed by atoms with Crippen LogP contribution < -0.4 is 5.32 Å². The van der Waals surface area contributed by atoms with Gasteiger partial charge in [-0.25, -0.2) is 4.39 Å². The van der Waals surface area contributed by atoms with E-state index < -0.39 is 0 Å². The van der Waals surface area contributed by atoms with E-state index in [2.05, 4.69) is 12.2 Å². The van der Waals surface area contributed by atoms with Crippen molar-refractivity contribution in [3.8, 4) is 0 Å². The van der Waals surface area contributed by atoms with E-state index in [1.165, 1.54) is 38.2 Å². The number of benzene rings is 1. The van der Waals surface area contributed by atoms with Gasteiger partial charge >= 0.3 is 0 Å². The summed E-state index contributed by atoms with van der Waals surface area (Å²) in [6.45, 7) is 3.10. The highest BCUT2D eigenvalue weighted by Gasteiger charge is 2.40. The van der Waals surface area contributed by atoms with Crippen molar-refractivity contribution < 1.29 is 4.39 Å². The van der Waals surface area contributed by atoms with Gasteiger partial charge in [0.15, 0.2) is 0 Å². The molecule has 0 amide bonds. The van der Waals surface area contributed by atoms with Gasteiger partial charge in [0.1, 0.15) is 5.82 Å². The van der Waals surface area contributed by atoms with Crippen molar-refractivity contribution in [1.82, 2.24) is 5.32 Å². The van der Waals surface area contributed by atoms with Crippen LogP contribution in [0.25, 0.3) is 0 Å². The fourth-order valence-electron chi connectivity index (χ4n) is 4.52. The average molecular weight is 310 g/mol. The van der Waals surface area contributed by atoms with E-state index in [1.54, 1.807) is 12.1 Å². The Labute approximate surface area is 132 Å². The molecule has 0 radical (unpaired) electrons. The van der Waals surface area contributed by atoms with Gasteiger partial charge in [0, 0.05) is 11.1 Å². The Hall–Kier alpha value is -0.600. The summed E-state index contributed by atoms with van der Waals surface area (Å²) in [5.41, 5.74) is 0.936. The summed E-state index contributed by atoms with van der Waals surface area (Å²) < 4.78 is 13.4. The predicted molar refractivity (Wildman–Crippen MR) is 86.1 cm³/mol. The molecule has 2 saturated carbocycles. The Morgan fingerprint density at radius 3 is 2.86 bits per heavy atom. The fourth-order valence-corrected chi connectivity index (χ4v) is 4.72. The standard InChI is InChI=1S/C18H25ClFN/c1-2-21-17(10-14-8-12-3-4-13(14)7-12)11-15-9-16(20)5-6-18(15)19/h5-6,9,12-14,17,21H,2-4,7-8,10-11H2,1H3. The molecule has 3 rings (SSSR count). The number of halogens is 2. The first-order valence-corrected chi connectivity index (χ1v) is 8.70. The Balaban J connectivity index is 1.65. The highest BCUT2D eigenvalue weighted by atomic mass is 35.5. The van der Waals surface area contributed by atoms with Crippen LogP contribution in [0.2, 0.25) is 5.02 Å². The quantitative estimate of drug-likeness (QED) is 0.794. The Morgan fingerprint density at radius 2 is 2.19 bits per heavy atom. The van der Waals surface area contributed by atoms with Crippen LogP contribution in [-0.2, 0) is 6.42 Å². The molecule has 1 aromatic rings. The van der Waals surface area contributed by atoms with Crippen LogP contribution in [0.4, 0.5) is 4.39 Å². The molecule has 0 aromatic heterocycles. The highest BCUT2D eigenvalue weighted by Crippen LogP contribution is 2.50. The molecule has 116 valence electrons. The zero-order chi connectivity index (χ0) is 14.8. The highest BCUT2D eigenvalue weighted by molar-refractivity contribution is 6.31. The minimum absolute atomic E-state index is 0.190. The molecule has 0 saturated heterocycles. The van der Waals surface area contributed by atoms with Crippen molar-refractivity contribution in [3.63, 3.8) is 0 Å². The summed E-state index contributed by atoms with van der Waals surface area (Å²) in [4.78, 5) is 0. The summed E-state index contributed by atoms with van der Waals surface area (Å²) in [5, 5.41) is 4.27. The molecular weight excluding hydrogens is 285 g/mol. The SMILES string of the molecule is CCNC(Cc1cc(F)ccc1Cl)CC1CC2CCC1C2. The first-order chi connectivity index (χ1) is 10.2. The second-order valence-corrected chi connectivity index (χ2v) is 7.27. The first-order valence-electron chi connectivity index (χ1n) is 8.33. The molecule has 2 aliphatic rings. The van der Waals surface area contributed by atoms with E-state index in [4.69, 9.17) is 11.6 Å². The maximum atomic E-state index is 13.4. The number of hydrogen-bond donors (Lipinski definition) is 1. The molecule has 2 fully saturated rings. The fraction of sp³-hybridized carbons (Fsp3) is 0.667. The van der Waals surface area contributed by atoms with Gasteiger partial charge in [0.05, 0.1) is 0 Å². The minimum Gasteiger partial charge on any atom is -0.314 e. The van der Waals surface area contributed by atoms with Crippen LogP contribution in [-0.4, -0.2) is 12.6 Å². The molecule has 1 nitrogen and oxygen atoms in total. The van der Waals surface area contributed by atoms with Crippen molar-refractivity contribution in [2.45, 2.75) is 51.5 Å². The third kappa shape index (κ3) is 3.60. The van der Waals surface area contributed by atoms with E-state index >= 15 is 0 Å². The van der Waals surface area contributed by atoms with Crippen LogP contribution in [0.3, 0.4) is 0 Å². The number of nitrogens with one attached hydrogen (secondary N) is 1. The summed E-state index contributed by atoms with van der Waals surface area (Å²) in [6.07, 6.45) is 7.77. The minimum atomic E-state index is -0.190. The van der Waals surface area contributed by atoms with Crippen molar-refractivity contribution in [3.05, 3.63) is 34.6 Å². The topological polar surface area (TPSA) is 12.0 Å². The first kappa shape index (κ1) is 15.3. The Morgan fingerprint density at radius 1 is 1.33 bits per heavy atom. The monoisotopic (exact) mass is 309 g/mol. The van der Waals surface area contributed by atoms with Gasteiger partial charge in [0.2, 0.25) is 0 Å². The van der Waals surface area contributed by atoms with Crippen LogP contribution in [0.15, 0.2) is 18.2 Å². The molecule has 0 aliphatic heterocycles. The van der Waals surface area contributed by atoms with Gasteiger partial charge in [0.25, 0.3) is 0 Å². The number of rotatable bonds is 6. The molecular formula is C18H25ClFN. The van der Waals surface area contributed by atoms with Gasteiger partial charge in [-0.3, -0.25) is 0 Å². The lowest BCUT2D eigenvalue weighted by Crippen LogP contribution is -2.34. The third-order valence-electron chi connectivity index (χ3n) is 5.44. The zero-order valence-electron chi connectivity index (χ0n) is 12.7. The second kappa shape index (κ2) is 6.66. The molecule has 2 bridgehead atoms. The lowest BCUT2D eigenvalue weighted by atomic mass is 9.83. The summed E-state index contributed by atoms with van der Waals surface area (Å²) >= 11 is 6.23. The molecule has 0 spiro atoms. The van der Waals surface area contributed by atoms with Crippen LogP contribution >= 0.6 is 11.6 Å². The maximum Gasteiger partial charge on any atom is 0.123 e. The van der Waals surface area contributed by atoms with E-state index in [0.717, 1.165) is 36.3 Å². The summed E-state index contributed by atoms with van der Waals surface area (Å²) in [6, 6.07) is 5.11. The zero-order valence-corrected chi connectivity index (χ0v) is 13.5. The molecule has 4 unspecified atom stereocenters. The number of hydrogen-bond acceptors (Lipinski definition) is 1. The van der Waals surface area contributed by atoms with Gasteiger partial charge in [-0.05, 0) is 80.2 Å². The predicted octanol–water partition coefficient (Wildman–Crippen LogP) is 4.83. The smallest absolute Gasteiger partial charge is 0.123 e. The van der Waals surface area contributed by atoms with Gasteiger partial charge in [-0.1, -0.05) is 24.9 Å². The molecule has 1 aromatic carbocycles. The Kier molecular flexibility index (Phi) is 4.85. The van der Waals surface area contributed by atoms with Gasteiger partial charge in [-0.15, -0.1) is 0 Å². The number of likely N-dealkylation sites (N-methyl/N-ethyl adjacent to an activating group) is 1. The third-order valence-corrected chi connectivity index (χ3v) is 5.81. The second-order valence-electron chi connectivity index (χ2n) is 6.87.